The highest BCUT2D eigenvalue weighted by molar-refractivity contribution is 9.10. The number of nitrogens with zero attached hydrogens (tertiary/aromatic N) is 2. The summed E-state index contributed by atoms with van der Waals surface area (Å²) in [5, 5.41) is 8.46. The summed E-state index contributed by atoms with van der Waals surface area (Å²) in [5.41, 5.74) is 0. The van der Waals surface area contributed by atoms with Gasteiger partial charge in [0, 0.05) is 30.0 Å². The molecule has 88 valence electrons. The number of likely N-dealkylation sites (tertiary alicyclic amines) is 1. The van der Waals surface area contributed by atoms with E-state index >= 15 is 0 Å². The quantitative estimate of drug-likeness (QED) is 0.798. The van der Waals surface area contributed by atoms with Gasteiger partial charge in [-0.1, -0.05) is 15.9 Å². The zero-order valence-corrected chi connectivity index (χ0v) is 10.6. The van der Waals surface area contributed by atoms with Crippen molar-refractivity contribution in [3.05, 3.63) is 29.0 Å². The minimum Gasteiger partial charge on any atom is -0.465 e. The second-order valence-electron chi connectivity index (χ2n) is 3.50. The monoisotopic (exact) mass is 286 g/mol. The van der Waals surface area contributed by atoms with Crippen LogP contribution in [-0.4, -0.2) is 34.2 Å². The molecule has 1 N–H and O–H groups in total. The molecule has 2 rings (SSSR count). The lowest BCUT2D eigenvalue weighted by atomic mass is 10.1. The van der Waals surface area contributed by atoms with Crippen molar-refractivity contribution < 1.29 is 9.90 Å². The van der Waals surface area contributed by atoms with Crippen molar-refractivity contribution in [2.75, 3.05) is 13.1 Å². The molecule has 1 fully saturated rings. The average molecular weight is 287 g/mol. The van der Waals surface area contributed by atoms with Crippen LogP contribution in [0.2, 0.25) is 0 Å². The molecule has 1 aromatic heterocycles. The predicted octanol–water partition coefficient (Wildman–Crippen LogP) is 2.99. The van der Waals surface area contributed by atoms with Gasteiger partial charge in [-0.15, -0.1) is 0 Å². The summed E-state index contributed by atoms with van der Waals surface area (Å²) in [6.45, 7) is 1.46. The first-order valence-electron chi connectivity index (χ1n) is 5.23. The molecule has 0 aromatic carbocycles. The van der Waals surface area contributed by atoms with E-state index in [1.165, 1.54) is 11.3 Å². The molecule has 16 heavy (non-hydrogen) atoms. The van der Waals surface area contributed by atoms with Crippen molar-refractivity contribution >= 4 is 22.0 Å². The third-order valence-corrected chi connectivity index (χ3v) is 2.79. The maximum atomic E-state index is 10.3. The van der Waals surface area contributed by atoms with Gasteiger partial charge in [0.1, 0.15) is 0 Å². The van der Waals surface area contributed by atoms with E-state index in [4.69, 9.17) is 5.11 Å². The summed E-state index contributed by atoms with van der Waals surface area (Å²) in [6, 6.07) is 3.78. The van der Waals surface area contributed by atoms with Gasteiger partial charge in [0.05, 0.1) is 0 Å². The third-order valence-electron chi connectivity index (χ3n) is 2.27. The van der Waals surface area contributed by atoms with E-state index in [0.717, 1.165) is 30.4 Å². The fourth-order valence-corrected chi connectivity index (χ4v) is 1.66. The van der Waals surface area contributed by atoms with Gasteiger partial charge in [0.2, 0.25) is 0 Å². The molecule has 0 bridgehead atoms. The van der Waals surface area contributed by atoms with E-state index in [0.29, 0.717) is 0 Å². The van der Waals surface area contributed by atoms with Crippen molar-refractivity contribution in [2.45, 2.75) is 19.3 Å². The SMILES string of the molecule is Brc1ccncc1.O=C(O)N1CCCCC1. The van der Waals surface area contributed by atoms with Crippen LogP contribution in [0.25, 0.3) is 0 Å². The van der Waals surface area contributed by atoms with E-state index in [-0.39, 0.29) is 0 Å². The van der Waals surface area contributed by atoms with Crippen molar-refractivity contribution in [1.29, 1.82) is 0 Å². The van der Waals surface area contributed by atoms with Gasteiger partial charge in [-0.3, -0.25) is 4.98 Å². The Balaban J connectivity index is 0.000000165. The molecule has 2 heterocycles. The van der Waals surface area contributed by atoms with Gasteiger partial charge < -0.3 is 10.0 Å². The molecule has 1 aliphatic heterocycles. The number of piperidine rings is 1. The van der Waals surface area contributed by atoms with Crippen LogP contribution in [0.3, 0.4) is 0 Å². The van der Waals surface area contributed by atoms with E-state index in [1.54, 1.807) is 12.4 Å². The Hall–Kier alpha value is -1.10. The molecule has 0 unspecified atom stereocenters. The van der Waals surface area contributed by atoms with Crippen LogP contribution >= 0.6 is 15.9 Å². The molecule has 1 saturated heterocycles. The maximum absolute atomic E-state index is 10.3. The normalized spacial score (nSPS) is 14.9. The van der Waals surface area contributed by atoms with Crippen LogP contribution in [0.5, 0.6) is 0 Å². The molecule has 1 aromatic rings. The summed E-state index contributed by atoms with van der Waals surface area (Å²) < 4.78 is 1.07. The Morgan fingerprint density at radius 1 is 1.25 bits per heavy atom. The molecule has 0 spiro atoms. The molecule has 4 nitrogen and oxygen atoms in total. The Bertz CT molecular complexity index is 313. The van der Waals surface area contributed by atoms with Gasteiger partial charge in [-0.25, -0.2) is 4.79 Å². The molecule has 0 atom stereocenters. The third kappa shape index (κ3) is 5.11. The summed E-state index contributed by atoms with van der Waals surface area (Å²) in [7, 11) is 0. The lowest BCUT2D eigenvalue weighted by Crippen LogP contribution is -2.34. The summed E-state index contributed by atoms with van der Waals surface area (Å²) in [4.78, 5) is 15.6. The van der Waals surface area contributed by atoms with Crippen molar-refractivity contribution in [2.24, 2.45) is 0 Å². The first-order chi connectivity index (χ1) is 7.70. The van der Waals surface area contributed by atoms with E-state index < -0.39 is 6.09 Å². The molecule has 0 radical (unpaired) electrons. The second kappa shape index (κ2) is 7.22. The number of pyridine rings is 1. The minimum absolute atomic E-state index is 0.731. The van der Waals surface area contributed by atoms with Crippen LogP contribution in [0, 0.1) is 0 Å². The number of amides is 1. The number of rotatable bonds is 0. The number of halogens is 1. The van der Waals surface area contributed by atoms with Gasteiger partial charge in [0.15, 0.2) is 0 Å². The lowest BCUT2D eigenvalue weighted by Gasteiger charge is -2.22. The highest BCUT2D eigenvalue weighted by Crippen LogP contribution is 2.07. The van der Waals surface area contributed by atoms with Crippen molar-refractivity contribution in [3.8, 4) is 0 Å². The van der Waals surface area contributed by atoms with Crippen LogP contribution < -0.4 is 0 Å². The first kappa shape index (κ1) is 13.0. The maximum Gasteiger partial charge on any atom is 0.407 e. The van der Waals surface area contributed by atoms with Gasteiger partial charge in [0.25, 0.3) is 0 Å². The Kier molecular flexibility index (Phi) is 5.85. The first-order valence-corrected chi connectivity index (χ1v) is 6.03. The van der Waals surface area contributed by atoms with Crippen molar-refractivity contribution in [3.63, 3.8) is 0 Å². The van der Waals surface area contributed by atoms with Gasteiger partial charge >= 0.3 is 6.09 Å². The molecule has 0 saturated carbocycles. The Labute approximate surface area is 103 Å². The molecule has 1 amide bonds. The van der Waals surface area contributed by atoms with Crippen LogP contribution in [0.1, 0.15) is 19.3 Å². The van der Waals surface area contributed by atoms with Gasteiger partial charge in [-0.2, -0.15) is 0 Å². The second-order valence-corrected chi connectivity index (χ2v) is 4.41. The molecular weight excluding hydrogens is 272 g/mol. The predicted molar refractivity (Wildman–Crippen MR) is 65.4 cm³/mol. The smallest absolute Gasteiger partial charge is 0.407 e. The average Bonchev–Trinajstić information content (AvgIpc) is 2.32. The standard InChI is InChI=1S/C6H11NO2.C5H4BrN/c8-6(9)7-4-2-1-3-5-7;6-5-1-3-7-4-2-5/h1-5H2,(H,8,9);1-4H. The lowest BCUT2D eigenvalue weighted by molar-refractivity contribution is 0.136. The minimum atomic E-state index is -0.769. The highest BCUT2D eigenvalue weighted by Gasteiger charge is 2.13. The van der Waals surface area contributed by atoms with Crippen LogP contribution in [0.15, 0.2) is 29.0 Å². The highest BCUT2D eigenvalue weighted by atomic mass is 79.9. The molecule has 5 heteroatoms. The Morgan fingerprint density at radius 2 is 1.81 bits per heavy atom. The number of carboxylic acid groups (broad SMARTS) is 1. The van der Waals surface area contributed by atoms with Crippen molar-refractivity contribution in [1.82, 2.24) is 9.88 Å². The number of carbonyl (C=O) groups is 1. The summed E-state index contributed by atoms with van der Waals surface area (Å²) >= 11 is 3.27. The van der Waals surface area contributed by atoms with E-state index in [9.17, 15) is 4.79 Å². The fraction of sp³-hybridized carbons (Fsp3) is 0.455. The Morgan fingerprint density at radius 3 is 2.12 bits per heavy atom. The molecular formula is C11H15BrN2O2. The van der Waals surface area contributed by atoms with Crippen LogP contribution in [0.4, 0.5) is 4.79 Å². The van der Waals surface area contributed by atoms with Crippen LogP contribution in [-0.2, 0) is 0 Å². The number of aromatic nitrogens is 1. The largest absolute Gasteiger partial charge is 0.465 e. The zero-order valence-electron chi connectivity index (χ0n) is 8.97. The molecule has 0 aliphatic carbocycles. The van der Waals surface area contributed by atoms with Gasteiger partial charge in [-0.05, 0) is 31.4 Å². The zero-order chi connectivity index (χ0) is 11.8. The summed E-state index contributed by atoms with van der Waals surface area (Å²) in [5.74, 6) is 0. The van der Waals surface area contributed by atoms with E-state index in [1.807, 2.05) is 12.1 Å². The fourth-order valence-electron chi connectivity index (χ4n) is 1.42. The number of hydrogen-bond donors (Lipinski definition) is 1. The summed E-state index contributed by atoms with van der Waals surface area (Å²) in [6.07, 6.45) is 5.96. The molecule has 1 aliphatic rings. The topological polar surface area (TPSA) is 53.4 Å². The van der Waals surface area contributed by atoms with E-state index in [2.05, 4.69) is 20.9 Å². The number of hydrogen-bond acceptors (Lipinski definition) is 2.